The number of rotatable bonds is 3. The summed E-state index contributed by atoms with van der Waals surface area (Å²) in [6, 6.07) is 0. The maximum atomic E-state index is 12.1. The molecular weight excluding hydrogens is 264 g/mol. The van der Waals surface area contributed by atoms with Gasteiger partial charge in [0.15, 0.2) is 0 Å². The Morgan fingerprint density at radius 3 is 2.33 bits per heavy atom. The Kier molecular flexibility index (Phi) is 4.74. The van der Waals surface area contributed by atoms with Crippen molar-refractivity contribution >= 4 is 0 Å². The molecule has 0 saturated heterocycles. The van der Waals surface area contributed by atoms with Crippen LogP contribution in [0, 0.1) is 11.3 Å². The van der Waals surface area contributed by atoms with E-state index in [4.69, 9.17) is 0 Å². The van der Waals surface area contributed by atoms with Gasteiger partial charge in [-0.1, -0.05) is 34.1 Å². The zero-order valence-electron chi connectivity index (χ0n) is 13.7. The summed E-state index contributed by atoms with van der Waals surface area (Å²) < 4.78 is 0. The highest BCUT2D eigenvalue weighted by atomic mass is 16.3. The van der Waals surface area contributed by atoms with Crippen LogP contribution in [-0.2, 0) is 6.42 Å². The van der Waals surface area contributed by atoms with Gasteiger partial charge in [0.05, 0.1) is 5.56 Å². The van der Waals surface area contributed by atoms with Gasteiger partial charge in [0.2, 0.25) is 5.88 Å². The number of H-pyrrole nitrogens is 1. The molecule has 0 spiro atoms. The van der Waals surface area contributed by atoms with Crippen molar-refractivity contribution in [2.45, 2.75) is 72.1 Å². The van der Waals surface area contributed by atoms with Crippen LogP contribution >= 0.6 is 0 Å². The van der Waals surface area contributed by atoms with E-state index in [2.05, 4.69) is 30.7 Å². The summed E-state index contributed by atoms with van der Waals surface area (Å²) in [5, 5.41) is 9.98. The van der Waals surface area contributed by atoms with Gasteiger partial charge in [0.25, 0.3) is 5.56 Å². The Morgan fingerprint density at radius 2 is 1.86 bits per heavy atom. The van der Waals surface area contributed by atoms with Crippen LogP contribution in [0.4, 0.5) is 0 Å². The van der Waals surface area contributed by atoms with Crippen molar-refractivity contribution in [1.29, 1.82) is 0 Å². The summed E-state index contributed by atoms with van der Waals surface area (Å²) in [7, 11) is 0. The lowest BCUT2D eigenvalue weighted by Crippen LogP contribution is -2.27. The van der Waals surface area contributed by atoms with Gasteiger partial charge in [-0.15, -0.1) is 0 Å². The third kappa shape index (κ3) is 3.66. The zero-order valence-corrected chi connectivity index (χ0v) is 13.7. The first-order valence-corrected chi connectivity index (χ1v) is 8.15. The van der Waals surface area contributed by atoms with Crippen LogP contribution in [0.5, 0.6) is 5.88 Å². The molecule has 1 saturated carbocycles. The first kappa shape index (κ1) is 16.1. The fourth-order valence-corrected chi connectivity index (χ4v) is 3.40. The Bertz CT molecular complexity index is 535. The summed E-state index contributed by atoms with van der Waals surface area (Å²) in [5.41, 5.74) is 0.598. The Morgan fingerprint density at radius 1 is 1.24 bits per heavy atom. The first-order valence-electron chi connectivity index (χ1n) is 8.15. The lowest BCUT2D eigenvalue weighted by molar-refractivity contribution is 0.167. The van der Waals surface area contributed by atoms with E-state index in [-0.39, 0.29) is 17.4 Å². The molecule has 0 aromatic carbocycles. The minimum absolute atomic E-state index is 0.0754. The molecule has 0 aliphatic heterocycles. The van der Waals surface area contributed by atoms with Gasteiger partial charge in [-0.2, -0.15) is 4.98 Å². The van der Waals surface area contributed by atoms with Crippen LogP contribution in [0.15, 0.2) is 4.79 Å². The Labute approximate surface area is 127 Å². The fourth-order valence-electron chi connectivity index (χ4n) is 3.40. The minimum Gasteiger partial charge on any atom is -0.493 e. The van der Waals surface area contributed by atoms with Gasteiger partial charge in [-0.3, -0.25) is 4.79 Å². The predicted octanol–water partition coefficient (Wildman–Crippen LogP) is 3.75. The summed E-state index contributed by atoms with van der Waals surface area (Å²) in [5.74, 6) is 1.60. The first-order chi connectivity index (χ1) is 9.82. The quantitative estimate of drug-likeness (QED) is 0.891. The number of aromatic hydroxyl groups is 1. The average Bonchev–Trinajstić information content (AvgIpc) is 2.42. The third-order valence-electron chi connectivity index (χ3n) is 4.85. The van der Waals surface area contributed by atoms with Crippen LogP contribution in [-0.4, -0.2) is 15.1 Å². The largest absolute Gasteiger partial charge is 0.493 e. The Balaban J connectivity index is 2.13. The van der Waals surface area contributed by atoms with Crippen molar-refractivity contribution in [1.82, 2.24) is 9.97 Å². The molecule has 21 heavy (non-hydrogen) atoms. The molecule has 1 heterocycles. The standard InChI is InChI=1S/C17H28N2O2/c1-5-6-13-15(20)18-14(19-16(13)21)11-7-9-12(10-8-11)17(2,3)4/h11-12H,5-10H2,1-4H3,(H2,18,19,20,21). The molecule has 2 N–H and O–H groups in total. The highest BCUT2D eigenvalue weighted by Gasteiger charge is 2.31. The molecule has 0 amide bonds. The topological polar surface area (TPSA) is 66.0 Å². The van der Waals surface area contributed by atoms with Crippen molar-refractivity contribution < 1.29 is 5.11 Å². The molecule has 118 valence electrons. The van der Waals surface area contributed by atoms with E-state index < -0.39 is 0 Å². The highest BCUT2D eigenvalue weighted by Crippen LogP contribution is 2.42. The summed E-state index contributed by atoms with van der Waals surface area (Å²) >= 11 is 0. The SMILES string of the molecule is CCCc1c(O)nc(C2CCC(C(C)(C)C)CC2)[nH]c1=O. The maximum absolute atomic E-state index is 12.1. The van der Waals surface area contributed by atoms with Gasteiger partial charge >= 0.3 is 0 Å². The molecule has 0 bridgehead atoms. The highest BCUT2D eigenvalue weighted by molar-refractivity contribution is 5.23. The van der Waals surface area contributed by atoms with Crippen molar-refractivity contribution in [2.24, 2.45) is 11.3 Å². The molecule has 1 aliphatic rings. The molecule has 1 aliphatic carbocycles. The van der Waals surface area contributed by atoms with E-state index in [1.165, 1.54) is 0 Å². The average molecular weight is 292 g/mol. The van der Waals surface area contributed by atoms with E-state index >= 15 is 0 Å². The molecule has 1 fully saturated rings. The van der Waals surface area contributed by atoms with Gasteiger partial charge in [0, 0.05) is 5.92 Å². The van der Waals surface area contributed by atoms with E-state index in [0.29, 0.717) is 23.2 Å². The molecule has 0 atom stereocenters. The molecule has 4 nitrogen and oxygen atoms in total. The summed E-state index contributed by atoms with van der Waals surface area (Å²) in [6.45, 7) is 8.87. The second kappa shape index (κ2) is 6.20. The molecule has 2 rings (SSSR count). The lowest BCUT2D eigenvalue weighted by atomic mass is 9.69. The van der Waals surface area contributed by atoms with Crippen LogP contribution in [0.1, 0.15) is 77.1 Å². The van der Waals surface area contributed by atoms with E-state index in [0.717, 1.165) is 38.0 Å². The predicted molar refractivity (Wildman–Crippen MR) is 84.7 cm³/mol. The summed E-state index contributed by atoms with van der Waals surface area (Å²) in [6.07, 6.45) is 5.80. The third-order valence-corrected chi connectivity index (χ3v) is 4.85. The van der Waals surface area contributed by atoms with Gasteiger partial charge < -0.3 is 10.1 Å². The van der Waals surface area contributed by atoms with E-state index in [1.54, 1.807) is 0 Å². The monoisotopic (exact) mass is 292 g/mol. The van der Waals surface area contributed by atoms with Crippen molar-refractivity contribution in [2.75, 3.05) is 0 Å². The van der Waals surface area contributed by atoms with Gasteiger partial charge in [0.1, 0.15) is 5.82 Å². The maximum Gasteiger partial charge on any atom is 0.257 e. The zero-order chi connectivity index (χ0) is 15.6. The molecular formula is C17H28N2O2. The number of nitrogens with zero attached hydrogens (tertiary/aromatic N) is 1. The number of hydrogen-bond acceptors (Lipinski definition) is 3. The van der Waals surface area contributed by atoms with E-state index in [1.807, 2.05) is 6.92 Å². The molecule has 1 aromatic heterocycles. The number of aromatic amines is 1. The van der Waals surface area contributed by atoms with Gasteiger partial charge in [-0.25, -0.2) is 0 Å². The normalized spacial score (nSPS) is 23.2. The molecule has 0 unspecified atom stereocenters. The summed E-state index contributed by atoms with van der Waals surface area (Å²) in [4.78, 5) is 19.2. The van der Waals surface area contributed by atoms with Crippen LogP contribution in [0.25, 0.3) is 0 Å². The van der Waals surface area contributed by atoms with Crippen molar-refractivity contribution in [3.8, 4) is 5.88 Å². The van der Waals surface area contributed by atoms with Crippen LogP contribution in [0.3, 0.4) is 0 Å². The molecule has 1 aromatic rings. The number of hydrogen-bond donors (Lipinski definition) is 2. The van der Waals surface area contributed by atoms with Crippen LogP contribution < -0.4 is 5.56 Å². The minimum atomic E-state index is -0.169. The lowest BCUT2D eigenvalue weighted by Gasteiger charge is -2.36. The number of aromatic nitrogens is 2. The second-order valence-electron chi connectivity index (χ2n) is 7.42. The van der Waals surface area contributed by atoms with Crippen molar-refractivity contribution in [3.05, 3.63) is 21.7 Å². The Hall–Kier alpha value is -1.32. The molecule has 4 heteroatoms. The van der Waals surface area contributed by atoms with E-state index in [9.17, 15) is 9.90 Å². The van der Waals surface area contributed by atoms with Gasteiger partial charge in [-0.05, 0) is 43.4 Å². The fraction of sp³-hybridized carbons (Fsp3) is 0.765. The number of nitrogens with one attached hydrogen (secondary N) is 1. The molecule has 0 radical (unpaired) electrons. The second-order valence-corrected chi connectivity index (χ2v) is 7.42. The van der Waals surface area contributed by atoms with Crippen LogP contribution in [0.2, 0.25) is 0 Å². The smallest absolute Gasteiger partial charge is 0.257 e. The van der Waals surface area contributed by atoms with Crippen molar-refractivity contribution in [3.63, 3.8) is 0 Å².